The van der Waals surface area contributed by atoms with Gasteiger partial charge in [-0.3, -0.25) is 0 Å². The molecule has 84 valence electrons. The van der Waals surface area contributed by atoms with Gasteiger partial charge in [-0.15, -0.1) is 0 Å². The van der Waals surface area contributed by atoms with Crippen molar-refractivity contribution >= 4 is 21.6 Å². The molecule has 0 fully saturated rings. The molecule has 2 nitrogen and oxygen atoms in total. The molecule has 0 saturated carbocycles. The molecule has 0 spiro atoms. The molecule has 0 aliphatic heterocycles. The standard InChI is InChI=1S/C9H10BrF3N2/c10-7-2-1-6(3-8(7)14)4-15-5-9(11,12)13/h1-3,15H,4-5,14H2. The minimum Gasteiger partial charge on any atom is -0.398 e. The van der Waals surface area contributed by atoms with Crippen LogP contribution in [0, 0.1) is 0 Å². The minimum absolute atomic E-state index is 0.150. The zero-order valence-electron chi connectivity index (χ0n) is 7.74. The summed E-state index contributed by atoms with van der Waals surface area (Å²) in [4.78, 5) is 0. The van der Waals surface area contributed by atoms with Gasteiger partial charge < -0.3 is 11.1 Å². The third-order valence-electron chi connectivity index (χ3n) is 1.71. The predicted molar refractivity (Wildman–Crippen MR) is 56.3 cm³/mol. The Kier molecular flexibility index (Phi) is 3.98. The SMILES string of the molecule is Nc1cc(CNCC(F)(F)F)ccc1Br. The lowest BCUT2D eigenvalue weighted by molar-refractivity contribution is -0.125. The molecule has 3 N–H and O–H groups in total. The van der Waals surface area contributed by atoms with Crippen LogP contribution in [0.4, 0.5) is 18.9 Å². The molecular formula is C9H10BrF3N2. The second kappa shape index (κ2) is 4.85. The van der Waals surface area contributed by atoms with Crippen molar-refractivity contribution in [2.45, 2.75) is 12.7 Å². The molecule has 6 heteroatoms. The fourth-order valence-corrected chi connectivity index (χ4v) is 1.30. The Morgan fingerprint density at radius 1 is 1.33 bits per heavy atom. The Morgan fingerprint density at radius 3 is 2.53 bits per heavy atom. The van der Waals surface area contributed by atoms with E-state index in [1.807, 2.05) is 0 Å². The lowest BCUT2D eigenvalue weighted by atomic mass is 10.2. The van der Waals surface area contributed by atoms with Crippen LogP contribution in [0.2, 0.25) is 0 Å². The molecule has 0 aliphatic rings. The minimum atomic E-state index is -4.18. The summed E-state index contributed by atoms with van der Waals surface area (Å²) in [5.41, 5.74) is 6.82. The molecule has 0 aliphatic carbocycles. The second-order valence-electron chi connectivity index (χ2n) is 3.07. The van der Waals surface area contributed by atoms with E-state index in [-0.39, 0.29) is 6.54 Å². The molecule has 0 amide bonds. The number of nitrogens with one attached hydrogen (secondary N) is 1. The van der Waals surface area contributed by atoms with Crippen molar-refractivity contribution in [1.29, 1.82) is 0 Å². The number of hydrogen-bond donors (Lipinski definition) is 2. The first-order valence-corrected chi connectivity index (χ1v) is 4.99. The van der Waals surface area contributed by atoms with Crippen LogP contribution in [0.25, 0.3) is 0 Å². The number of alkyl halides is 3. The summed E-state index contributed by atoms with van der Waals surface area (Å²) < 4.78 is 36.2. The highest BCUT2D eigenvalue weighted by atomic mass is 79.9. The number of rotatable bonds is 3. The molecule has 1 aromatic carbocycles. The normalized spacial score (nSPS) is 11.7. The number of nitrogen functional groups attached to an aromatic ring is 1. The fourth-order valence-electron chi connectivity index (χ4n) is 1.05. The molecule has 0 bridgehead atoms. The van der Waals surface area contributed by atoms with Gasteiger partial charge in [0.2, 0.25) is 0 Å². The molecule has 0 radical (unpaired) electrons. The van der Waals surface area contributed by atoms with Crippen LogP contribution >= 0.6 is 15.9 Å². The summed E-state index contributed by atoms with van der Waals surface area (Å²) in [5.74, 6) is 0. The van der Waals surface area contributed by atoms with Crippen molar-refractivity contribution in [3.8, 4) is 0 Å². The molecule has 1 rings (SSSR count). The van der Waals surface area contributed by atoms with Gasteiger partial charge in [-0.2, -0.15) is 13.2 Å². The Labute approximate surface area is 93.8 Å². The summed E-state index contributed by atoms with van der Waals surface area (Å²) >= 11 is 3.20. The Bertz CT molecular complexity index is 339. The van der Waals surface area contributed by atoms with Crippen LogP contribution in [-0.4, -0.2) is 12.7 Å². The van der Waals surface area contributed by atoms with Gasteiger partial charge in [0.1, 0.15) is 0 Å². The first kappa shape index (κ1) is 12.3. The fraction of sp³-hybridized carbons (Fsp3) is 0.333. The number of anilines is 1. The monoisotopic (exact) mass is 282 g/mol. The van der Waals surface area contributed by atoms with E-state index in [1.54, 1.807) is 18.2 Å². The smallest absolute Gasteiger partial charge is 0.398 e. The topological polar surface area (TPSA) is 38.0 Å². The van der Waals surface area contributed by atoms with E-state index in [2.05, 4.69) is 21.2 Å². The van der Waals surface area contributed by atoms with Crippen LogP contribution in [0.1, 0.15) is 5.56 Å². The lowest BCUT2D eigenvalue weighted by Gasteiger charge is -2.08. The quantitative estimate of drug-likeness (QED) is 0.837. The van der Waals surface area contributed by atoms with Gasteiger partial charge in [0.25, 0.3) is 0 Å². The molecular weight excluding hydrogens is 273 g/mol. The van der Waals surface area contributed by atoms with E-state index in [9.17, 15) is 13.2 Å². The summed E-state index contributed by atoms with van der Waals surface area (Å²) in [5, 5.41) is 2.29. The van der Waals surface area contributed by atoms with Crippen molar-refractivity contribution in [2.24, 2.45) is 0 Å². The Balaban J connectivity index is 2.48. The number of halogens is 4. The van der Waals surface area contributed by atoms with Crippen molar-refractivity contribution < 1.29 is 13.2 Å². The van der Waals surface area contributed by atoms with E-state index in [1.165, 1.54) is 0 Å². The van der Waals surface area contributed by atoms with Gasteiger partial charge in [-0.25, -0.2) is 0 Å². The van der Waals surface area contributed by atoms with E-state index >= 15 is 0 Å². The summed E-state index contributed by atoms with van der Waals surface area (Å²) in [7, 11) is 0. The first-order chi connectivity index (χ1) is 6.88. The third kappa shape index (κ3) is 4.53. The van der Waals surface area contributed by atoms with Crippen molar-refractivity contribution in [3.05, 3.63) is 28.2 Å². The molecule has 0 saturated heterocycles. The number of benzene rings is 1. The largest absolute Gasteiger partial charge is 0.401 e. The van der Waals surface area contributed by atoms with Crippen LogP contribution < -0.4 is 11.1 Å². The van der Waals surface area contributed by atoms with Gasteiger partial charge in [-0.1, -0.05) is 6.07 Å². The number of hydrogen-bond acceptors (Lipinski definition) is 2. The van der Waals surface area contributed by atoms with E-state index < -0.39 is 12.7 Å². The Morgan fingerprint density at radius 2 is 2.00 bits per heavy atom. The summed E-state index contributed by atoms with van der Waals surface area (Å²) in [6, 6.07) is 5.05. The second-order valence-corrected chi connectivity index (χ2v) is 3.93. The van der Waals surface area contributed by atoms with E-state index in [0.717, 1.165) is 10.0 Å². The van der Waals surface area contributed by atoms with Crippen LogP contribution in [0.5, 0.6) is 0 Å². The highest BCUT2D eigenvalue weighted by molar-refractivity contribution is 9.10. The third-order valence-corrected chi connectivity index (χ3v) is 2.44. The van der Waals surface area contributed by atoms with Crippen molar-refractivity contribution in [3.63, 3.8) is 0 Å². The highest BCUT2D eigenvalue weighted by Gasteiger charge is 2.25. The van der Waals surface area contributed by atoms with Gasteiger partial charge in [0.15, 0.2) is 0 Å². The maximum atomic E-state index is 11.8. The molecule has 1 aromatic rings. The zero-order valence-corrected chi connectivity index (χ0v) is 9.32. The summed E-state index contributed by atoms with van der Waals surface area (Å²) in [6.45, 7) is -0.847. The first-order valence-electron chi connectivity index (χ1n) is 4.20. The predicted octanol–water partition coefficient (Wildman–Crippen LogP) is 2.68. The lowest BCUT2D eigenvalue weighted by Crippen LogP contribution is -2.28. The maximum absolute atomic E-state index is 11.8. The van der Waals surface area contributed by atoms with Crippen molar-refractivity contribution in [1.82, 2.24) is 5.32 Å². The molecule has 0 unspecified atom stereocenters. The van der Waals surface area contributed by atoms with Crippen LogP contribution in [0.15, 0.2) is 22.7 Å². The van der Waals surface area contributed by atoms with E-state index in [0.29, 0.717) is 5.69 Å². The highest BCUT2D eigenvalue weighted by Crippen LogP contribution is 2.20. The number of nitrogens with two attached hydrogens (primary N) is 1. The average Bonchev–Trinajstić information content (AvgIpc) is 2.09. The van der Waals surface area contributed by atoms with Crippen molar-refractivity contribution in [2.75, 3.05) is 12.3 Å². The zero-order chi connectivity index (χ0) is 11.5. The van der Waals surface area contributed by atoms with Gasteiger partial charge >= 0.3 is 6.18 Å². The molecule has 0 atom stereocenters. The van der Waals surface area contributed by atoms with Gasteiger partial charge in [0.05, 0.1) is 6.54 Å². The van der Waals surface area contributed by atoms with E-state index in [4.69, 9.17) is 5.73 Å². The van der Waals surface area contributed by atoms with Gasteiger partial charge in [-0.05, 0) is 33.6 Å². The molecule has 0 aromatic heterocycles. The molecule has 15 heavy (non-hydrogen) atoms. The van der Waals surface area contributed by atoms with Crippen LogP contribution in [-0.2, 0) is 6.54 Å². The van der Waals surface area contributed by atoms with Gasteiger partial charge in [0, 0.05) is 16.7 Å². The van der Waals surface area contributed by atoms with Crippen LogP contribution in [0.3, 0.4) is 0 Å². The average molecular weight is 283 g/mol. The maximum Gasteiger partial charge on any atom is 0.401 e. The molecule has 0 heterocycles. The Hall–Kier alpha value is -0.750. The summed E-state index contributed by atoms with van der Waals surface area (Å²) in [6.07, 6.45) is -4.18.